The normalized spacial score (nSPS) is 10.3. The second-order valence-electron chi connectivity index (χ2n) is 4.71. The number of carboxylic acid groups (broad SMARTS) is 1. The van der Waals surface area contributed by atoms with Crippen molar-refractivity contribution in [2.75, 3.05) is 6.54 Å². The van der Waals surface area contributed by atoms with Gasteiger partial charge in [-0.25, -0.2) is 4.57 Å². The summed E-state index contributed by atoms with van der Waals surface area (Å²) in [5, 5.41) is 21.8. The van der Waals surface area contributed by atoms with Crippen molar-refractivity contribution >= 4 is 17.7 Å². The highest BCUT2D eigenvalue weighted by molar-refractivity contribution is 5.93. The van der Waals surface area contributed by atoms with Crippen molar-refractivity contribution in [1.29, 1.82) is 0 Å². The predicted octanol–water partition coefficient (Wildman–Crippen LogP) is 1.70. The van der Waals surface area contributed by atoms with E-state index in [2.05, 4.69) is 5.32 Å². The maximum atomic E-state index is 11.8. The summed E-state index contributed by atoms with van der Waals surface area (Å²) in [6.07, 6.45) is 3.18. The summed E-state index contributed by atoms with van der Waals surface area (Å²) in [5.41, 5.74) is 0.243. The topological polar surface area (TPSA) is 114 Å². The van der Waals surface area contributed by atoms with Crippen LogP contribution in [0.15, 0.2) is 12.1 Å². The first kappa shape index (κ1) is 16.7. The highest BCUT2D eigenvalue weighted by atomic mass is 16.6. The molecule has 0 bridgehead atoms. The molecule has 0 fully saturated rings. The Balaban J connectivity index is 2.28. The molecule has 2 N–H and O–H groups in total. The van der Waals surface area contributed by atoms with Crippen LogP contribution in [0, 0.1) is 10.1 Å². The molecule has 1 amide bonds. The predicted molar refractivity (Wildman–Crippen MR) is 75.1 cm³/mol. The lowest BCUT2D eigenvalue weighted by atomic mass is 10.1. The van der Waals surface area contributed by atoms with Crippen molar-refractivity contribution in [2.24, 2.45) is 7.05 Å². The van der Waals surface area contributed by atoms with Crippen LogP contribution in [0.5, 0.6) is 0 Å². The number of hydrogen-bond donors (Lipinski definition) is 2. The molecule has 0 aromatic carbocycles. The third-order valence-corrected chi connectivity index (χ3v) is 3.12. The van der Waals surface area contributed by atoms with Gasteiger partial charge in [0.15, 0.2) is 5.69 Å². The van der Waals surface area contributed by atoms with E-state index in [0.717, 1.165) is 19.3 Å². The number of carbonyl (C=O) groups is 2. The Hall–Kier alpha value is -2.38. The van der Waals surface area contributed by atoms with Crippen LogP contribution in [0.2, 0.25) is 0 Å². The number of hydrogen-bond acceptors (Lipinski definition) is 4. The standard InChI is InChI=1S/C13H19N3O5/c1-15-10(7-8-11(15)16(20)21)13(19)14-9-5-3-2-4-6-12(17)18/h7-8H,2-6,9H2,1H3,(H,14,19)(H,17,18). The molecule has 0 saturated carbocycles. The number of unbranched alkanes of at least 4 members (excludes halogenated alkanes) is 3. The van der Waals surface area contributed by atoms with Crippen LogP contribution < -0.4 is 5.32 Å². The Labute approximate surface area is 121 Å². The van der Waals surface area contributed by atoms with Gasteiger partial charge in [0.2, 0.25) is 0 Å². The molecular formula is C13H19N3O5. The first-order valence-corrected chi connectivity index (χ1v) is 6.73. The molecule has 0 aliphatic rings. The van der Waals surface area contributed by atoms with Crippen LogP contribution in [0.4, 0.5) is 5.82 Å². The van der Waals surface area contributed by atoms with E-state index in [1.807, 2.05) is 0 Å². The molecule has 0 spiro atoms. The molecular weight excluding hydrogens is 278 g/mol. The zero-order valence-corrected chi connectivity index (χ0v) is 11.9. The third-order valence-electron chi connectivity index (χ3n) is 3.12. The Morgan fingerprint density at radius 1 is 1.29 bits per heavy atom. The molecule has 0 unspecified atom stereocenters. The van der Waals surface area contributed by atoms with E-state index in [1.54, 1.807) is 0 Å². The van der Waals surface area contributed by atoms with E-state index in [0.29, 0.717) is 13.0 Å². The van der Waals surface area contributed by atoms with E-state index < -0.39 is 10.9 Å². The molecule has 116 valence electrons. The SMILES string of the molecule is Cn1c(C(=O)NCCCCCCC(=O)O)ccc1[N+](=O)[O-]. The highest BCUT2D eigenvalue weighted by Gasteiger charge is 2.19. The molecule has 0 aliphatic heterocycles. The third kappa shape index (κ3) is 5.25. The van der Waals surface area contributed by atoms with Gasteiger partial charge in [-0.15, -0.1) is 0 Å². The Morgan fingerprint density at radius 3 is 2.52 bits per heavy atom. The van der Waals surface area contributed by atoms with Gasteiger partial charge >= 0.3 is 11.8 Å². The van der Waals surface area contributed by atoms with Crippen LogP contribution in [0.3, 0.4) is 0 Å². The summed E-state index contributed by atoms with van der Waals surface area (Å²) in [5.74, 6) is -1.28. The van der Waals surface area contributed by atoms with E-state index in [4.69, 9.17) is 5.11 Å². The largest absolute Gasteiger partial charge is 0.481 e. The second kappa shape index (κ2) is 8.03. The highest BCUT2D eigenvalue weighted by Crippen LogP contribution is 2.14. The van der Waals surface area contributed by atoms with Crippen LogP contribution in [-0.2, 0) is 11.8 Å². The number of amides is 1. The fourth-order valence-corrected chi connectivity index (χ4v) is 1.96. The molecule has 0 atom stereocenters. The summed E-state index contributed by atoms with van der Waals surface area (Å²) < 4.78 is 1.24. The molecule has 8 nitrogen and oxygen atoms in total. The summed E-state index contributed by atoms with van der Waals surface area (Å²) in [4.78, 5) is 32.3. The fraction of sp³-hybridized carbons (Fsp3) is 0.538. The van der Waals surface area contributed by atoms with Crippen molar-refractivity contribution in [3.8, 4) is 0 Å². The van der Waals surface area contributed by atoms with Crippen molar-refractivity contribution in [3.63, 3.8) is 0 Å². The minimum Gasteiger partial charge on any atom is -0.481 e. The van der Waals surface area contributed by atoms with Crippen LogP contribution in [0.1, 0.15) is 42.6 Å². The van der Waals surface area contributed by atoms with E-state index in [-0.39, 0.29) is 23.8 Å². The summed E-state index contributed by atoms with van der Waals surface area (Å²) in [6, 6.07) is 2.71. The molecule has 21 heavy (non-hydrogen) atoms. The van der Waals surface area contributed by atoms with Gasteiger partial charge in [0, 0.05) is 19.0 Å². The molecule has 1 aromatic rings. The van der Waals surface area contributed by atoms with Gasteiger partial charge in [-0.2, -0.15) is 0 Å². The van der Waals surface area contributed by atoms with Crippen LogP contribution >= 0.6 is 0 Å². The molecule has 0 aliphatic carbocycles. The summed E-state index contributed by atoms with van der Waals surface area (Å²) in [7, 11) is 1.47. The zero-order valence-electron chi connectivity index (χ0n) is 11.9. The first-order chi connectivity index (χ1) is 9.93. The van der Waals surface area contributed by atoms with E-state index in [1.165, 1.54) is 23.7 Å². The van der Waals surface area contributed by atoms with Crippen molar-refractivity contribution in [3.05, 3.63) is 27.9 Å². The zero-order chi connectivity index (χ0) is 15.8. The van der Waals surface area contributed by atoms with Gasteiger partial charge in [-0.05, 0) is 23.8 Å². The minimum atomic E-state index is -0.798. The van der Waals surface area contributed by atoms with Crippen molar-refractivity contribution in [2.45, 2.75) is 32.1 Å². The smallest absolute Gasteiger partial charge is 0.323 e. The molecule has 1 rings (SSSR count). The Bertz CT molecular complexity index is 524. The molecule has 8 heteroatoms. The van der Waals surface area contributed by atoms with Gasteiger partial charge in [0.25, 0.3) is 5.91 Å². The van der Waals surface area contributed by atoms with Crippen molar-refractivity contribution in [1.82, 2.24) is 9.88 Å². The van der Waals surface area contributed by atoms with Crippen molar-refractivity contribution < 1.29 is 19.6 Å². The lowest BCUT2D eigenvalue weighted by molar-refractivity contribution is -0.391. The second-order valence-corrected chi connectivity index (χ2v) is 4.71. The quantitative estimate of drug-likeness (QED) is 0.409. The number of carboxylic acids is 1. The number of aromatic nitrogens is 1. The molecule has 1 aromatic heterocycles. The molecule has 1 heterocycles. The molecule has 0 saturated heterocycles. The lowest BCUT2D eigenvalue weighted by Gasteiger charge is -2.04. The van der Waals surface area contributed by atoms with Gasteiger partial charge in [0.05, 0.1) is 7.05 Å². The molecule has 0 radical (unpaired) electrons. The average Bonchev–Trinajstić information content (AvgIpc) is 2.79. The van der Waals surface area contributed by atoms with Gasteiger partial charge in [-0.1, -0.05) is 12.8 Å². The number of aliphatic carboxylic acids is 1. The fourth-order valence-electron chi connectivity index (χ4n) is 1.96. The van der Waals surface area contributed by atoms with E-state index in [9.17, 15) is 19.7 Å². The van der Waals surface area contributed by atoms with Gasteiger partial charge in [0.1, 0.15) is 0 Å². The van der Waals surface area contributed by atoms with Crippen LogP contribution in [-0.4, -0.2) is 33.0 Å². The lowest BCUT2D eigenvalue weighted by Crippen LogP contribution is -2.26. The Morgan fingerprint density at radius 2 is 1.95 bits per heavy atom. The Kier molecular flexibility index (Phi) is 6.38. The average molecular weight is 297 g/mol. The maximum Gasteiger partial charge on any atom is 0.323 e. The minimum absolute atomic E-state index is 0.131. The number of nitrogens with one attached hydrogen (secondary N) is 1. The summed E-state index contributed by atoms with van der Waals surface area (Å²) in [6.45, 7) is 0.463. The first-order valence-electron chi connectivity index (χ1n) is 6.73. The van der Waals surface area contributed by atoms with E-state index >= 15 is 0 Å². The summed E-state index contributed by atoms with van der Waals surface area (Å²) >= 11 is 0. The number of nitro groups is 1. The monoisotopic (exact) mass is 297 g/mol. The number of nitrogens with zero attached hydrogens (tertiary/aromatic N) is 2. The van der Waals surface area contributed by atoms with Gasteiger partial charge in [-0.3, -0.25) is 9.59 Å². The number of carbonyl (C=O) groups excluding carboxylic acids is 1. The maximum absolute atomic E-state index is 11.8. The number of rotatable bonds is 9. The van der Waals surface area contributed by atoms with Crippen LogP contribution in [0.25, 0.3) is 0 Å². The van der Waals surface area contributed by atoms with Gasteiger partial charge < -0.3 is 20.5 Å².